The van der Waals surface area contributed by atoms with E-state index in [0.29, 0.717) is 0 Å². The van der Waals surface area contributed by atoms with Gasteiger partial charge in [0.2, 0.25) is 5.82 Å². The van der Waals surface area contributed by atoms with Crippen molar-refractivity contribution in [2.24, 2.45) is 0 Å². The van der Waals surface area contributed by atoms with Crippen molar-refractivity contribution >= 4 is 34.0 Å². The van der Waals surface area contributed by atoms with E-state index in [0.717, 1.165) is 34.0 Å². The summed E-state index contributed by atoms with van der Waals surface area (Å²) >= 11 is 0. The van der Waals surface area contributed by atoms with Gasteiger partial charge in [-0.25, -0.2) is 4.98 Å². The summed E-state index contributed by atoms with van der Waals surface area (Å²) in [6.45, 7) is 13.4. The van der Waals surface area contributed by atoms with Gasteiger partial charge in [0, 0.05) is 5.69 Å². The Kier molecular flexibility index (Phi) is 5.74. The SMILES string of the molecule is CC(C)(C)c1ccc(Nc2nc3ccccc3nc2[NH2+]c2ccc(C(C)(C)C)cc2)cc1. The second-order valence-corrected chi connectivity index (χ2v) is 10.4. The Labute approximate surface area is 191 Å². The third kappa shape index (κ3) is 4.97. The van der Waals surface area contributed by atoms with Crippen LogP contribution in [0.1, 0.15) is 52.7 Å². The first-order valence-electron chi connectivity index (χ1n) is 11.2. The molecule has 0 fully saturated rings. The lowest BCUT2D eigenvalue weighted by atomic mass is 9.87. The highest BCUT2D eigenvalue weighted by molar-refractivity contribution is 5.79. The van der Waals surface area contributed by atoms with Gasteiger partial charge in [0.1, 0.15) is 5.69 Å². The maximum absolute atomic E-state index is 4.91. The molecular weight excluding hydrogens is 392 g/mol. The molecule has 0 aliphatic heterocycles. The molecule has 32 heavy (non-hydrogen) atoms. The van der Waals surface area contributed by atoms with Gasteiger partial charge < -0.3 is 5.32 Å². The van der Waals surface area contributed by atoms with Crippen molar-refractivity contribution in [3.8, 4) is 0 Å². The lowest BCUT2D eigenvalue weighted by Gasteiger charge is -2.19. The summed E-state index contributed by atoms with van der Waals surface area (Å²) in [6, 6.07) is 25.2. The molecule has 4 aromatic rings. The standard InChI is InChI=1S/C28H32N4/c1-27(2,3)19-11-15-21(16-12-19)29-25-26(32-24-10-8-7-9-23(24)31-25)30-22-17-13-20(14-18-22)28(4,5)6/h7-18H,1-6H3,(H,29,31)(H,30,32)/p+1. The molecular formula is C28H33N4+. The summed E-state index contributed by atoms with van der Waals surface area (Å²) < 4.78 is 0. The molecule has 0 saturated heterocycles. The van der Waals surface area contributed by atoms with E-state index < -0.39 is 0 Å². The van der Waals surface area contributed by atoms with Gasteiger partial charge >= 0.3 is 0 Å². The fourth-order valence-electron chi connectivity index (χ4n) is 3.63. The van der Waals surface area contributed by atoms with E-state index in [1.54, 1.807) is 0 Å². The molecule has 3 N–H and O–H groups in total. The van der Waals surface area contributed by atoms with Crippen LogP contribution >= 0.6 is 0 Å². The molecule has 0 atom stereocenters. The van der Waals surface area contributed by atoms with Gasteiger partial charge in [0.25, 0.3) is 5.82 Å². The van der Waals surface area contributed by atoms with Crippen LogP contribution in [-0.2, 0) is 10.8 Å². The van der Waals surface area contributed by atoms with Crippen LogP contribution in [0, 0.1) is 0 Å². The van der Waals surface area contributed by atoms with Crippen molar-refractivity contribution in [1.29, 1.82) is 0 Å². The Balaban J connectivity index is 1.67. The van der Waals surface area contributed by atoms with Crippen LogP contribution in [0.5, 0.6) is 0 Å². The van der Waals surface area contributed by atoms with Gasteiger partial charge in [-0.05, 0) is 58.4 Å². The van der Waals surface area contributed by atoms with Crippen molar-refractivity contribution in [2.45, 2.75) is 52.4 Å². The third-order valence-corrected chi connectivity index (χ3v) is 5.69. The number of nitrogens with zero attached hydrogens (tertiary/aromatic N) is 2. The van der Waals surface area contributed by atoms with Crippen LogP contribution < -0.4 is 10.6 Å². The molecule has 0 aliphatic carbocycles. The zero-order valence-corrected chi connectivity index (χ0v) is 19.9. The number of fused-ring (bicyclic) bond motifs is 1. The summed E-state index contributed by atoms with van der Waals surface area (Å²) in [5.41, 5.74) is 6.75. The van der Waals surface area contributed by atoms with Gasteiger partial charge in [-0.2, -0.15) is 4.98 Å². The van der Waals surface area contributed by atoms with Crippen LogP contribution in [0.4, 0.5) is 23.0 Å². The molecule has 4 rings (SSSR count). The highest BCUT2D eigenvalue weighted by atomic mass is 15.1. The van der Waals surface area contributed by atoms with E-state index in [1.165, 1.54) is 11.1 Å². The third-order valence-electron chi connectivity index (χ3n) is 5.69. The van der Waals surface area contributed by atoms with E-state index >= 15 is 0 Å². The first kappa shape index (κ1) is 22.0. The lowest BCUT2D eigenvalue weighted by molar-refractivity contribution is -0.482. The van der Waals surface area contributed by atoms with E-state index in [4.69, 9.17) is 9.97 Å². The summed E-state index contributed by atoms with van der Waals surface area (Å²) in [5.74, 6) is 1.58. The molecule has 0 amide bonds. The average molecular weight is 426 g/mol. The lowest BCUT2D eigenvalue weighted by Crippen LogP contribution is -2.71. The number of nitrogens with two attached hydrogens (primary N) is 1. The summed E-state index contributed by atoms with van der Waals surface area (Å²) in [4.78, 5) is 9.80. The van der Waals surface area contributed by atoms with E-state index in [2.05, 4.69) is 101 Å². The largest absolute Gasteiger partial charge is 0.334 e. The Morgan fingerprint density at radius 2 is 1.12 bits per heavy atom. The molecule has 1 heterocycles. The van der Waals surface area contributed by atoms with Crippen LogP contribution in [0.15, 0.2) is 72.8 Å². The van der Waals surface area contributed by atoms with Crippen LogP contribution in [-0.4, -0.2) is 9.97 Å². The first-order chi connectivity index (χ1) is 15.1. The van der Waals surface area contributed by atoms with E-state index in [1.807, 2.05) is 24.3 Å². The Morgan fingerprint density at radius 3 is 1.66 bits per heavy atom. The molecule has 0 spiro atoms. The zero-order valence-electron chi connectivity index (χ0n) is 19.9. The van der Waals surface area contributed by atoms with E-state index in [-0.39, 0.29) is 10.8 Å². The second kappa shape index (κ2) is 8.36. The molecule has 164 valence electrons. The quantitative estimate of drug-likeness (QED) is 0.367. The number of nitrogens with one attached hydrogen (secondary N) is 1. The predicted molar refractivity (Wildman–Crippen MR) is 134 cm³/mol. The molecule has 0 radical (unpaired) electrons. The van der Waals surface area contributed by atoms with Crippen molar-refractivity contribution in [3.63, 3.8) is 0 Å². The minimum Gasteiger partial charge on any atom is -0.334 e. The Bertz CT molecular complexity index is 1110. The number of anilines is 2. The van der Waals surface area contributed by atoms with Crippen LogP contribution in [0.25, 0.3) is 11.0 Å². The molecule has 4 heteroatoms. The topological polar surface area (TPSA) is 54.4 Å². The van der Waals surface area contributed by atoms with Crippen molar-refractivity contribution < 1.29 is 5.32 Å². The smallest absolute Gasteiger partial charge is 0.273 e. The van der Waals surface area contributed by atoms with Gasteiger partial charge in [-0.15, -0.1) is 0 Å². The van der Waals surface area contributed by atoms with Crippen molar-refractivity contribution in [2.75, 3.05) is 5.32 Å². The Morgan fingerprint density at radius 1 is 0.625 bits per heavy atom. The number of hydrogen-bond acceptors (Lipinski definition) is 3. The highest BCUT2D eigenvalue weighted by Crippen LogP contribution is 2.27. The summed E-state index contributed by atoms with van der Waals surface area (Å²) in [5, 5.41) is 5.59. The molecule has 0 bridgehead atoms. The fourth-order valence-corrected chi connectivity index (χ4v) is 3.63. The molecule has 0 saturated carbocycles. The number of benzene rings is 3. The predicted octanol–water partition coefficient (Wildman–Crippen LogP) is 6.50. The maximum atomic E-state index is 4.91. The number of aromatic nitrogens is 2. The van der Waals surface area contributed by atoms with Crippen molar-refractivity contribution in [3.05, 3.63) is 83.9 Å². The minimum absolute atomic E-state index is 0.124. The number of quaternary nitrogens is 1. The molecule has 0 unspecified atom stereocenters. The van der Waals surface area contributed by atoms with Crippen LogP contribution in [0.3, 0.4) is 0 Å². The summed E-state index contributed by atoms with van der Waals surface area (Å²) in [6.07, 6.45) is 0. The monoisotopic (exact) mass is 425 g/mol. The number of para-hydroxylation sites is 2. The number of hydrogen-bond donors (Lipinski definition) is 2. The minimum atomic E-state index is 0.124. The average Bonchev–Trinajstić information content (AvgIpc) is 2.73. The molecule has 4 nitrogen and oxygen atoms in total. The van der Waals surface area contributed by atoms with Gasteiger partial charge in [-0.3, -0.25) is 5.32 Å². The zero-order chi connectivity index (χ0) is 22.9. The fraction of sp³-hybridized carbons (Fsp3) is 0.286. The van der Waals surface area contributed by atoms with Crippen molar-refractivity contribution in [1.82, 2.24) is 9.97 Å². The Hall–Kier alpha value is -3.24. The van der Waals surface area contributed by atoms with Gasteiger partial charge in [-0.1, -0.05) is 77.9 Å². The first-order valence-corrected chi connectivity index (χ1v) is 11.2. The van der Waals surface area contributed by atoms with E-state index in [9.17, 15) is 0 Å². The summed E-state index contributed by atoms with van der Waals surface area (Å²) in [7, 11) is 0. The van der Waals surface area contributed by atoms with Crippen LogP contribution in [0.2, 0.25) is 0 Å². The number of rotatable bonds is 4. The molecule has 3 aromatic carbocycles. The maximum Gasteiger partial charge on any atom is 0.273 e. The van der Waals surface area contributed by atoms with Gasteiger partial charge in [0.15, 0.2) is 0 Å². The molecule has 1 aromatic heterocycles. The second-order valence-electron chi connectivity index (χ2n) is 10.4. The van der Waals surface area contributed by atoms with Gasteiger partial charge in [0.05, 0.1) is 11.0 Å². The highest BCUT2D eigenvalue weighted by Gasteiger charge is 2.17. The normalized spacial score (nSPS) is 12.2. The molecule has 0 aliphatic rings.